The van der Waals surface area contributed by atoms with Crippen molar-refractivity contribution in [1.29, 1.82) is 0 Å². The van der Waals surface area contributed by atoms with Crippen LogP contribution in [-0.2, 0) is 6.54 Å². The van der Waals surface area contributed by atoms with E-state index in [2.05, 4.69) is 53.6 Å². The van der Waals surface area contributed by atoms with Crippen molar-refractivity contribution in [3.05, 3.63) is 65.2 Å². The highest BCUT2D eigenvalue weighted by Gasteiger charge is 2.23. The summed E-state index contributed by atoms with van der Waals surface area (Å²) in [6, 6.07) is 17.1. The molecule has 33 heavy (non-hydrogen) atoms. The molecule has 2 heterocycles. The number of nitrogens with one attached hydrogen (secondary N) is 2. The lowest BCUT2D eigenvalue weighted by Crippen LogP contribution is -2.44. The number of benzene rings is 2. The molecule has 1 unspecified atom stereocenters. The largest absolute Gasteiger partial charge is 0.369 e. The van der Waals surface area contributed by atoms with E-state index in [1.54, 1.807) is 0 Å². The standard InChI is InChI=1S/C27H37N5O/c1-3-28-27(30-24-15-18-32(20-24)25-13-7-21(2)8-14-25)29-19-22-9-11-23(12-10-22)26(33)31-16-5-4-6-17-31/h7-14,24H,3-6,15-20H2,1-2H3,(H2,28,29,30). The lowest BCUT2D eigenvalue weighted by molar-refractivity contribution is 0.0724. The number of hydrogen-bond acceptors (Lipinski definition) is 3. The molecule has 2 fully saturated rings. The summed E-state index contributed by atoms with van der Waals surface area (Å²) in [6.07, 6.45) is 4.55. The molecule has 6 heteroatoms. The van der Waals surface area contributed by atoms with Crippen molar-refractivity contribution < 1.29 is 4.79 Å². The Bertz CT molecular complexity index is 932. The number of likely N-dealkylation sites (tertiary alicyclic amines) is 1. The summed E-state index contributed by atoms with van der Waals surface area (Å²) >= 11 is 0. The molecule has 4 rings (SSSR count). The smallest absolute Gasteiger partial charge is 0.253 e. The number of anilines is 1. The Morgan fingerprint density at radius 1 is 1.00 bits per heavy atom. The van der Waals surface area contributed by atoms with Crippen molar-refractivity contribution in [2.24, 2.45) is 4.99 Å². The molecule has 0 radical (unpaired) electrons. The van der Waals surface area contributed by atoms with Crippen LogP contribution in [0.25, 0.3) is 0 Å². The first-order chi connectivity index (χ1) is 16.1. The number of carbonyl (C=O) groups is 1. The Hall–Kier alpha value is -3.02. The fourth-order valence-corrected chi connectivity index (χ4v) is 4.58. The van der Waals surface area contributed by atoms with Gasteiger partial charge in [0.15, 0.2) is 5.96 Å². The zero-order valence-electron chi connectivity index (χ0n) is 20.0. The highest BCUT2D eigenvalue weighted by Crippen LogP contribution is 2.21. The van der Waals surface area contributed by atoms with Crippen LogP contribution < -0.4 is 15.5 Å². The molecule has 0 aliphatic carbocycles. The Labute approximate surface area is 198 Å². The quantitative estimate of drug-likeness (QED) is 0.520. The van der Waals surface area contributed by atoms with Gasteiger partial charge in [-0.2, -0.15) is 0 Å². The molecular formula is C27H37N5O. The average molecular weight is 448 g/mol. The van der Waals surface area contributed by atoms with Crippen LogP contribution >= 0.6 is 0 Å². The molecule has 0 aromatic heterocycles. The van der Waals surface area contributed by atoms with Gasteiger partial charge in [0.1, 0.15) is 0 Å². The first-order valence-corrected chi connectivity index (χ1v) is 12.4. The third-order valence-corrected chi connectivity index (χ3v) is 6.54. The number of aryl methyl sites for hydroxylation is 1. The minimum Gasteiger partial charge on any atom is -0.369 e. The van der Waals surface area contributed by atoms with E-state index in [-0.39, 0.29) is 5.91 Å². The van der Waals surface area contributed by atoms with E-state index < -0.39 is 0 Å². The van der Waals surface area contributed by atoms with Crippen LogP contribution in [0.1, 0.15) is 54.1 Å². The van der Waals surface area contributed by atoms with Crippen molar-refractivity contribution in [1.82, 2.24) is 15.5 Å². The molecule has 2 saturated heterocycles. The summed E-state index contributed by atoms with van der Waals surface area (Å²) in [5.41, 5.74) is 4.45. The molecule has 1 amide bonds. The molecule has 6 nitrogen and oxygen atoms in total. The number of amides is 1. The fourth-order valence-electron chi connectivity index (χ4n) is 4.58. The highest BCUT2D eigenvalue weighted by molar-refractivity contribution is 5.94. The second kappa shape index (κ2) is 11.2. The van der Waals surface area contributed by atoms with E-state index >= 15 is 0 Å². The first-order valence-electron chi connectivity index (χ1n) is 12.4. The molecule has 2 aliphatic heterocycles. The maximum absolute atomic E-state index is 12.7. The van der Waals surface area contributed by atoms with Crippen LogP contribution in [0.4, 0.5) is 5.69 Å². The molecule has 2 aliphatic rings. The summed E-state index contributed by atoms with van der Waals surface area (Å²) in [4.78, 5) is 21.9. The average Bonchev–Trinajstić information content (AvgIpc) is 3.32. The third-order valence-electron chi connectivity index (χ3n) is 6.54. The molecule has 176 valence electrons. The van der Waals surface area contributed by atoms with Gasteiger partial charge in [-0.15, -0.1) is 0 Å². The third kappa shape index (κ3) is 6.28. The van der Waals surface area contributed by atoms with Gasteiger partial charge in [0.25, 0.3) is 5.91 Å². The zero-order valence-corrected chi connectivity index (χ0v) is 20.0. The van der Waals surface area contributed by atoms with Crippen LogP contribution in [0.3, 0.4) is 0 Å². The van der Waals surface area contributed by atoms with Gasteiger partial charge in [0.2, 0.25) is 0 Å². The van der Waals surface area contributed by atoms with Crippen LogP contribution in [0.5, 0.6) is 0 Å². The molecule has 2 aromatic carbocycles. The van der Waals surface area contributed by atoms with E-state index in [0.717, 1.165) is 69.1 Å². The van der Waals surface area contributed by atoms with Gasteiger partial charge in [-0.1, -0.05) is 29.8 Å². The number of piperidine rings is 1. The summed E-state index contributed by atoms with van der Waals surface area (Å²) in [5.74, 6) is 1.00. The predicted molar refractivity (Wildman–Crippen MR) is 136 cm³/mol. The van der Waals surface area contributed by atoms with Gasteiger partial charge < -0.3 is 20.4 Å². The van der Waals surface area contributed by atoms with E-state index in [1.807, 2.05) is 29.2 Å². The number of rotatable bonds is 6. The Morgan fingerprint density at radius 2 is 1.73 bits per heavy atom. The zero-order chi connectivity index (χ0) is 23.0. The van der Waals surface area contributed by atoms with E-state index in [1.165, 1.54) is 17.7 Å². The summed E-state index contributed by atoms with van der Waals surface area (Å²) < 4.78 is 0. The maximum atomic E-state index is 12.7. The summed E-state index contributed by atoms with van der Waals surface area (Å²) in [6.45, 7) is 9.40. The first kappa shape index (κ1) is 23.1. The predicted octanol–water partition coefficient (Wildman–Crippen LogP) is 3.96. The van der Waals surface area contributed by atoms with Gasteiger partial charge in [-0.3, -0.25) is 4.79 Å². The Morgan fingerprint density at radius 3 is 2.42 bits per heavy atom. The summed E-state index contributed by atoms with van der Waals surface area (Å²) in [7, 11) is 0. The topological polar surface area (TPSA) is 60.0 Å². The van der Waals surface area contributed by atoms with Crippen LogP contribution in [0.15, 0.2) is 53.5 Å². The monoisotopic (exact) mass is 447 g/mol. The molecule has 2 aromatic rings. The van der Waals surface area contributed by atoms with Gasteiger partial charge in [-0.25, -0.2) is 4.99 Å². The number of hydrogen-bond donors (Lipinski definition) is 2. The van der Waals surface area contributed by atoms with E-state index in [9.17, 15) is 4.79 Å². The van der Waals surface area contributed by atoms with Gasteiger partial charge in [0, 0.05) is 50.0 Å². The molecule has 0 saturated carbocycles. The summed E-state index contributed by atoms with van der Waals surface area (Å²) in [5, 5.41) is 6.98. The molecule has 0 bridgehead atoms. The van der Waals surface area contributed by atoms with E-state index in [4.69, 9.17) is 4.99 Å². The minimum atomic E-state index is 0.152. The number of guanidine groups is 1. The van der Waals surface area contributed by atoms with Gasteiger partial charge in [0.05, 0.1) is 6.54 Å². The maximum Gasteiger partial charge on any atom is 0.253 e. The number of aliphatic imine (C=N–C) groups is 1. The van der Waals surface area contributed by atoms with E-state index in [0.29, 0.717) is 12.6 Å². The SMILES string of the molecule is CCNC(=NCc1ccc(C(=O)N2CCCCC2)cc1)NC1CCN(c2ccc(C)cc2)C1. The van der Waals surface area contributed by atoms with Crippen molar-refractivity contribution >= 4 is 17.6 Å². The normalized spacial score (nSPS) is 19.0. The Balaban J connectivity index is 1.32. The van der Waals surface area contributed by atoms with Crippen molar-refractivity contribution in [3.63, 3.8) is 0 Å². The molecule has 1 atom stereocenters. The number of nitrogens with zero attached hydrogens (tertiary/aromatic N) is 3. The highest BCUT2D eigenvalue weighted by atomic mass is 16.2. The van der Waals surface area contributed by atoms with Gasteiger partial charge >= 0.3 is 0 Å². The van der Waals surface area contributed by atoms with Crippen molar-refractivity contribution in [2.45, 2.75) is 52.1 Å². The van der Waals surface area contributed by atoms with Crippen molar-refractivity contribution in [2.75, 3.05) is 37.6 Å². The van der Waals surface area contributed by atoms with Crippen LogP contribution in [0, 0.1) is 6.92 Å². The number of carbonyl (C=O) groups excluding carboxylic acids is 1. The van der Waals surface area contributed by atoms with Gasteiger partial charge in [-0.05, 0) is 69.4 Å². The molecular weight excluding hydrogens is 410 g/mol. The second-order valence-electron chi connectivity index (χ2n) is 9.16. The Kier molecular flexibility index (Phi) is 7.87. The second-order valence-corrected chi connectivity index (χ2v) is 9.16. The molecule has 2 N–H and O–H groups in total. The minimum absolute atomic E-state index is 0.152. The van der Waals surface area contributed by atoms with Crippen LogP contribution in [0.2, 0.25) is 0 Å². The lowest BCUT2D eigenvalue weighted by atomic mass is 10.1. The lowest BCUT2D eigenvalue weighted by Gasteiger charge is -2.26. The van der Waals surface area contributed by atoms with Crippen molar-refractivity contribution in [3.8, 4) is 0 Å². The fraction of sp³-hybridized carbons (Fsp3) is 0.481. The molecule has 0 spiro atoms. The van der Waals surface area contributed by atoms with Crippen LogP contribution in [-0.4, -0.2) is 55.5 Å².